The van der Waals surface area contributed by atoms with E-state index in [-0.39, 0.29) is 11.5 Å². The Labute approximate surface area is 206 Å². The van der Waals surface area contributed by atoms with Crippen molar-refractivity contribution in [2.45, 2.75) is 70.9 Å². The first-order chi connectivity index (χ1) is 17.1. The maximum absolute atomic E-state index is 12.8. The third-order valence-electron chi connectivity index (χ3n) is 7.68. The summed E-state index contributed by atoms with van der Waals surface area (Å²) in [5.74, 6) is 0.764. The zero-order valence-electron chi connectivity index (χ0n) is 20.9. The van der Waals surface area contributed by atoms with Crippen molar-refractivity contribution in [2.75, 3.05) is 39.3 Å². The van der Waals surface area contributed by atoms with E-state index in [0.29, 0.717) is 37.0 Å². The molecule has 1 N–H and O–H groups in total. The zero-order valence-corrected chi connectivity index (χ0v) is 20.9. The Bertz CT molecular complexity index is 1200. The second kappa shape index (κ2) is 11.0. The van der Waals surface area contributed by atoms with Crippen molar-refractivity contribution in [3.8, 4) is 0 Å². The van der Waals surface area contributed by atoms with Crippen LogP contribution in [0.4, 0.5) is 0 Å². The topological polar surface area (TPSA) is 88.0 Å². The number of piperidine rings is 2. The summed E-state index contributed by atoms with van der Waals surface area (Å²) in [6.45, 7) is 8.97. The Morgan fingerprint density at radius 3 is 2.69 bits per heavy atom. The summed E-state index contributed by atoms with van der Waals surface area (Å²) in [5.41, 5.74) is 1.92. The maximum Gasteiger partial charge on any atom is 0.291 e. The second-order valence-corrected chi connectivity index (χ2v) is 10.1. The summed E-state index contributed by atoms with van der Waals surface area (Å²) < 4.78 is 8.71. The smallest absolute Gasteiger partial charge is 0.291 e. The molecule has 0 spiro atoms. The molecule has 0 saturated carbocycles. The molecule has 2 saturated heterocycles. The summed E-state index contributed by atoms with van der Waals surface area (Å²) in [7, 11) is 0. The normalized spacial score (nSPS) is 18.5. The first kappa shape index (κ1) is 24.1. The summed E-state index contributed by atoms with van der Waals surface area (Å²) in [6, 6.07) is 4.37. The van der Waals surface area contributed by atoms with Crippen molar-refractivity contribution in [1.29, 1.82) is 0 Å². The van der Waals surface area contributed by atoms with E-state index < -0.39 is 0 Å². The minimum atomic E-state index is -0.161. The number of hydrogen-bond donors (Lipinski definition) is 1. The second-order valence-electron chi connectivity index (χ2n) is 10.1. The number of carbonyl (C=O) groups excluding carboxylic acids is 1. The molecule has 1 amide bonds. The first-order valence-electron chi connectivity index (χ1n) is 13.3. The summed E-state index contributed by atoms with van der Waals surface area (Å²) in [4.78, 5) is 30.4. The largest absolute Gasteiger partial charge is 0.463 e. The van der Waals surface area contributed by atoms with Gasteiger partial charge in [0, 0.05) is 37.7 Å². The number of rotatable bonds is 9. The molecule has 0 radical (unpaired) electrons. The number of carbonyl (C=O) groups is 1. The molecule has 0 bridgehead atoms. The Hall–Kier alpha value is -2.65. The van der Waals surface area contributed by atoms with Crippen molar-refractivity contribution in [1.82, 2.24) is 29.3 Å². The van der Waals surface area contributed by atoms with E-state index >= 15 is 0 Å². The molecule has 0 aromatic carbocycles. The van der Waals surface area contributed by atoms with Gasteiger partial charge >= 0.3 is 0 Å². The number of amides is 1. The van der Waals surface area contributed by atoms with Gasteiger partial charge in [-0.15, -0.1) is 0 Å². The van der Waals surface area contributed by atoms with E-state index in [1.165, 1.54) is 63.0 Å². The van der Waals surface area contributed by atoms with Crippen LogP contribution in [0.5, 0.6) is 0 Å². The number of nitrogens with zero attached hydrogens (tertiary/aromatic N) is 5. The monoisotopic (exact) mass is 482 g/mol. The summed E-state index contributed by atoms with van der Waals surface area (Å²) >= 11 is 0. The third kappa shape index (κ3) is 5.46. The minimum absolute atomic E-state index is 0.0415. The van der Waals surface area contributed by atoms with E-state index in [9.17, 15) is 9.59 Å². The van der Waals surface area contributed by atoms with E-state index in [4.69, 9.17) is 4.42 Å². The molecule has 5 heterocycles. The molecule has 0 unspecified atom stereocenters. The average molecular weight is 483 g/mol. The van der Waals surface area contributed by atoms with Gasteiger partial charge in [0.2, 0.25) is 5.91 Å². The highest BCUT2D eigenvalue weighted by molar-refractivity contribution is 5.82. The van der Waals surface area contributed by atoms with Gasteiger partial charge in [-0.25, -0.2) is 4.68 Å². The Morgan fingerprint density at radius 2 is 1.89 bits per heavy atom. The summed E-state index contributed by atoms with van der Waals surface area (Å²) in [6.07, 6.45) is 10.2. The van der Waals surface area contributed by atoms with Crippen molar-refractivity contribution in [2.24, 2.45) is 0 Å². The van der Waals surface area contributed by atoms with Gasteiger partial charge in [-0.05, 0) is 78.2 Å². The molecule has 190 valence electrons. The standard InChI is InChI=1S/C26H38N6O3/c1-20-28-31(26(34)23-19-24-22(32(20)23)10-18-35-24)15-5-7-25(33)27-11-6-12-29-16-8-21(9-17-29)30-13-3-2-4-14-30/h10,18-19,21H,2-9,11-17H2,1H3,(H,27,33). The van der Waals surface area contributed by atoms with E-state index in [1.807, 2.05) is 17.4 Å². The van der Waals surface area contributed by atoms with Gasteiger partial charge in [0.05, 0.1) is 11.8 Å². The van der Waals surface area contributed by atoms with E-state index in [0.717, 1.165) is 30.3 Å². The number of nitrogens with one attached hydrogen (secondary N) is 1. The lowest BCUT2D eigenvalue weighted by Gasteiger charge is -2.40. The van der Waals surface area contributed by atoms with Gasteiger partial charge in [0.15, 0.2) is 5.58 Å². The van der Waals surface area contributed by atoms with Crippen molar-refractivity contribution in [3.05, 3.63) is 34.6 Å². The van der Waals surface area contributed by atoms with Crippen LogP contribution in [0.2, 0.25) is 0 Å². The summed E-state index contributed by atoms with van der Waals surface area (Å²) in [5, 5.41) is 7.49. The number of hydrogen-bond acceptors (Lipinski definition) is 6. The number of furan rings is 1. The fraction of sp³-hybridized carbons (Fsp3) is 0.654. The molecule has 2 fully saturated rings. The molecule has 5 rings (SSSR count). The van der Waals surface area contributed by atoms with Gasteiger partial charge in [-0.3, -0.25) is 14.0 Å². The number of fused-ring (bicyclic) bond motifs is 3. The third-order valence-corrected chi connectivity index (χ3v) is 7.68. The molecule has 0 aliphatic carbocycles. The van der Waals surface area contributed by atoms with E-state index in [2.05, 4.69) is 20.2 Å². The lowest BCUT2D eigenvalue weighted by Crippen LogP contribution is -2.47. The van der Waals surface area contributed by atoms with Crippen LogP contribution < -0.4 is 10.9 Å². The van der Waals surface area contributed by atoms with Gasteiger partial charge in [-0.2, -0.15) is 5.10 Å². The molecular weight excluding hydrogens is 444 g/mol. The van der Waals surface area contributed by atoms with Crippen LogP contribution in [0.15, 0.2) is 27.6 Å². The molecule has 3 aromatic heterocycles. The fourth-order valence-electron chi connectivity index (χ4n) is 5.78. The predicted molar refractivity (Wildman–Crippen MR) is 136 cm³/mol. The quantitative estimate of drug-likeness (QED) is 0.472. The Morgan fingerprint density at radius 1 is 1.09 bits per heavy atom. The van der Waals surface area contributed by atoms with Crippen LogP contribution in [0.1, 0.15) is 57.2 Å². The van der Waals surface area contributed by atoms with Crippen LogP contribution in [-0.4, -0.2) is 75.2 Å². The molecule has 2 aliphatic heterocycles. The molecule has 2 aliphatic rings. The highest BCUT2D eigenvalue weighted by Gasteiger charge is 2.25. The highest BCUT2D eigenvalue weighted by atomic mass is 16.3. The van der Waals surface area contributed by atoms with Crippen LogP contribution in [0, 0.1) is 6.92 Å². The number of likely N-dealkylation sites (tertiary alicyclic amines) is 2. The van der Waals surface area contributed by atoms with Crippen LogP contribution in [0.3, 0.4) is 0 Å². The maximum atomic E-state index is 12.8. The first-order valence-corrected chi connectivity index (χ1v) is 13.3. The minimum Gasteiger partial charge on any atom is -0.463 e. The van der Waals surface area contributed by atoms with E-state index in [1.54, 1.807) is 12.3 Å². The molecule has 35 heavy (non-hydrogen) atoms. The highest BCUT2D eigenvalue weighted by Crippen LogP contribution is 2.21. The van der Waals surface area contributed by atoms with Crippen molar-refractivity contribution in [3.63, 3.8) is 0 Å². The molecular formula is C26H38N6O3. The lowest BCUT2D eigenvalue weighted by molar-refractivity contribution is -0.121. The Kier molecular flexibility index (Phi) is 7.53. The SMILES string of the molecule is Cc1nn(CCCC(=O)NCCCN2CCC(N3CCCCC3)CC2)c(=O)c2cc3occc3n12. The van der Waals surface area contributed by atoms with Crippen molar-refractivity contribution >= 4 is 22.5 Å². The van der Waals surface area contributed by atoms with Gasteiger partial charge in [0.25, 0.3) is 5.56 Å². The molecule has 3 aromatic rings. The molecule has 9 nitrogen and oxygen atoms in total. The van der Waals surface area contributed by atoms with Crippen molar-refractivity contribution < 1.29 is 9.21 Å². The van der Waals surface area contributed by atoms with Gasteiger partial charge in [-0.1, -0.05) is 6.42 Å². The predicted octanol–water partition coefficient (Wildman–Crippen LogP) is 2.79. The Balaban J connectivity index is 1.000. The van der Waals surface area contributed by atoms with Crippen LogP contribution >= 0.6 is 0 Å². The van der Waals surface area contributed by atoms with Gasteiger partial charge < -0.3 is 19.5 Å². The molecule has 9 heteroatoms. The zero-order chi connectivity index (χ0) is 24.2. The number of aromatic nitrogens is 3. The number of aryl methyl sites for hydroxylation is 2. The average Bonchev–Trinajstić information content (AvgIpc) is 3.48. The lowest BCUT2D eigenvalue weighted by atomic mass is 10.00. The van der Waals surface area contributed by atoms with Crippen LogP contribution in [-0.2, 0) is 11.3 Å². The van der Waals surface area contributed by atoms with Crippen LogP contribution in [0.25, 0.3) is 16.6 Å². The molecule has 0 atom stereocenters. The van der Waals surface area contributed by atoms with Gasteiger partial charge in [0.1, 0.15) is 11.3 Å². The fourth-order valence-corrected chi connectivity index (χ4v) is 5.78.